The predicted octanol–water partition coefficient (Wildman–Crippen LogP) is 5.50. The van der Waals surface area contributed by atoms with Gasteiger partial charge in [0.15, 0.2) is 4.87 Å². The van der Waals surface area contributed by atoms with Crippen molar-refractivity contribution in [1.29, 1.82) is 0 Å². The molecule has 1 spiro atoms. The van der Waals surface area contributed by atoms with Crippen LogP contribution >= 0.6 is 11.8 Å². The number of amides is 2. The summed E-state index contributed by atoms with van der Waals surface area (Å²) in [6, 6.07) is 21.6. The molecular weight excluding hydrogens is 435 g/mol. The molecule has 0 aliphatic carbocycles. The molecule has 6 heteroatoms. The molecule has 5 rings (SSSR count). The number of para-hydroxylation sites is 1. The van der Waals surface area contributed by atoms with E-state index >= 15 is 0 Å². The molecule has 0 bridgehead atoms. The Kier molecular flexibility index (Phi) is 5.09. The van der Waals surface area contributed by atoms with Crippen molar-refractivity contribution in [1.82, 2.24) is 4.90 Å². The molecule has 0 N–H and O–H groups in total. The maximum absolute atomic E-state index is 14.6. The SMILES string of the molecule is Cc1ccccc1CN1C(=O)[C@]2(SC(C)(C)CN2C(=O)c2ccccc2F)c2ccccc21. The van der Waals surface area contributed by atoms with Crippen molar-refractivity contribution in [2.45, 2.75) is 36.9 Å². The van der Waals surface area contributed by atoms with E-state index in [-0.39, 0.29) is 16.2 Å². The molecule has 2 aliphatic heterocycles. The van der Waals surface area contributed by atoms with Gasteiger partial charge in [-0.2, -0.15) is 0 Å². The molecule has 0 unspecified atom stereocenters. The number of rotatable bonds is 3. The highest BCUT2D eigenvalue weighted by Gasteiger charge is 2.63. The van der Waals surface area contributed by atoms with Gasteiger partial charge in [-0.15, -0.1) is 11.8 Å². The second kappa shape index (κ2) is 7.73. The Morgan fingerprint density at radius 2 is 1.67 bits per heavy atom. The van der Waals surface area contributed by atoms with Gasteiger partial charge in [0.1, 0.15) is 5.82 Å². The maximum Gasteiger partial charge on any atom is 0.268 e. The standard InChI is InChI=1S/C27H25FN2O2S/c1-18-10-4-5-11-19(18)16-29-23-15-9-7-13-21(23)27(25(29)32)30(17-26(2,3)33-27)24(31)20-12-6-8-14-22(20)28/h4-15H,16-17H2,1-3H3/t27-/m1/s1. The lowest BCUT2D eigenvalue weighted by Gasteiger charge is -2.33. The van der Waals surface area contributed by atoms with Crippen LogP contribution in [-0.4, -0.2) is 28.0 Å². The van der Waals surface area contributed by atoms with Crippen LogP contribution in [0.1, 0.15) is 40.9 Å². The number of thioether (sulfide) groups is 1. The summed E-state index contributed by atoms with van der Waals surface area (Å²) in [5.41, 5.74) is 3.71. The van der Waals surface area contributed by atoms with Crippen molar-refractivity contribution in [3.63, 3.8) is 0 Å². The first kappa shape index (κ1) is 21.7. The zero-order valence-corrected chi connectivity index (χ0v) is 19.7. The van der Waals surface area contributed by atoms with Crippen molar-refractivity contribution in [2.75, 3.05) is 11.4 Å². The fourth-order valence-corrected chi connectivity index (χ4v) is 6.58. The van der Waals surface area contributed by atoms with Crippen LogP contribution in [0.5, 0.6) is 0 Å². The molecule has 3 aromatic rings. The minimum absolute atomic E-state index is 0.0159. The van der Waals surface area contributed by atoms with E-state index in [4.69, 9.17) is 0 Å². The van der Waals surface area contributed by atoms with Crippen LogP contribution in [0.4, 0.5) is 10.1 Å². The minimum atomic E-state index is -1.23. The average Bonchev–Trinajstić information content (AvgIpc) is 3.21. The zero-order chi connectivity index (χ0) is 23.4. The third-order valence-electron chi connectivity index (χ3n) is 6.38. The number of carbonyl (C=O) groups excluding carboxylic acids is 2. The van der Waals surface area contributed by atoms with Crippen LogP contribution < -0.4 is 4.90 Å². The van der Waals surface area contributed by atoms with Crippen molar-refractivity contribution in [3.8, 4) is 0 Å². The highest BCUT2D eigenvalue weighted by molar-refractivity contribution is 8.02. The summed E-state index contributed by atoms with van der Waals surface area (Å²) < 4.78 is 14.2. The largest absolute Gasteiger partial charge is 0.310 e. The Balaban J connectivity index is 1.65. The molecule has 3 aromatic carbocycles. The van der Waals surface area contributed by atoms with Crippen LogP contribution in [0.25, 0.3) is 0 Å². The van der Waals surface area contributed by atoms with Gasteiger partial charge in [-0.25, -0.2) is 4.39 Å². The van der Waals surface area contributed by atoms with E-state index in [0.717, 1.165) is 22.4 Å². The van der Waals surface area contributed by atoms with E-state index < -0.39 is 16.6 Å². The van der Waals surface area contributed by atoms with E-state index in [1.807, 2.05) is 69.3 Å². The van der Waals surface area contributed by atoms with Gasteiger partial charge in [-0.3, -0.25) is 9.59 Å². The number of carbonyl (C=O) groups is 2. The first-order chi connectivity index (χ1) is 15.7. The van der Waals surface area contributed by atoms with Crippen molar-refractivity contribution < 1.29 is 14.0 Å². The van der Waals surface area contributed by atoms with Crippen LogP contribution in [0.2, 0.25) is 0 Å². The van der Waals surface area contributed by atoms with Gasteiger partial charge < -0.3 is 9.80 Å². The van der Waals surface area contributed by atoms with E-state index in [1.165, 1.54) is 23.9 Å². The molecule has 0 aromatic heterocycles. The Bertz CT molecular complexity index is 1270. The summed E-state index contributed by atoms with van der Waals surface area (Å²) in [7, 11) is 0. The average molecular weight is 461 g/mol. The third-order valence-corrected chi connectivity index (χ3v) is 7.97. The normalized spacial score (nSPS) is 21.0. The molecule has 4 nitrogen and oxygen atoms in total. The van der Waals surface area contributed by atoms with Gasteiger partial charge >= 0.3 is 0 Å². The molecule has 2 aliphatic rings. The number of anilines is 1. The number of hydrogen-bond donors (Lipinski definition) is 0. The van der Waals surface area contributed by atoms with E-state index in [9.17, 15) is 14.0 Å². The predicted molar refractivity (Wildman–Crippen MR) is 130 cm³/mol. The highest BCUT2D eigenvalue weighted by atomic mass is 32.2. The number of nitrogens with zero attached hydrogens (tertiary/aromatic N) is 2. The molecule has 1 saturated heterocycles. The van der Waals surface area contributed by atoms with Crippen molar-refractivity contribution >= 4 is 29.3 Å². The second-order valence-electron chi connectivity index (χ2n) is 9.21. The van der Waals surface area contributed by atoms with Gasteiger partial charge in [0.2, 0.25) is 0 Å². The molecule has 1 atom stereocenters. The van der Waals surface area contributed by atoms with Crippen LogP contribution in [0.3, 0.4) is 0 Å². The summed E-state index contributed by atoms with van der Waals surface area (Å²) in [4.78, 5) is 30.0. The molecule has 0 radical (unpaired) electrons. The molecule has 168 valence electrons. The Morgan fingerprint density at radius 1 is 1.00 bits per heavy atom. The van der Waals surface area contributed by atoms with Gasteiger partial charge in [0.05, 0.1) is 17.8 Å². The molecule has 0 saturated carbocycles. The fourth-order valence-electron chi connectivity index (χ4n) is 4.85. The topological polar surface area (TPSA) is 40.6 Å². The second-order valence-corrected chi connectivity index (χ2v) is 11.1. The summed E-state index contributed by atoms with van der Waals surface area (Å²) in [6.45, 7) is 6.82. The van der Waals surface area contributed by atoms with Gasteiger partial charge in [0.25, 0.3) is 11.8 Å². The van der Waals surface area contributed by atoms with Crippen LogP contribution in [0, 0.1) is 12.7 Å². The molecule has 2 amide bonds. The first-order valence-electron chi connectivity index (χ1n) is 11.0. The summed E-state index contributed by atoms with van der Waals surface area (Å²) in [5.74, 6) is -1.21. The maximum atomic E-state index is 14.6. The zero-order valence-electron chi connectivity index (χ0n) is 18.8. The molecular formula is C27H25FN2O2S. The summed E-state index contributed by atoms with van der Waals surface area (Å²) in [6.07, 6.45) is 0. The quantitative estimate of drug-likeness (QED) is 0.518. The van der Waals surface area contributed by atoms with Crippen LogP contribution in [-0.2, 0) is 16.2 Å². The monoisotopic (exact) mass is 460 g/mol. The molecule has 2 heterocycles. The number of benzene rings is 3. The summed E-state index contributed by atoms with van der Waals surface area (Å²) in [5, 5.41) is 0. The van der Waals surface area contributed by atoms with E-state index in [1.54, 1.807) is 21.9 Å². The van der Waals surface area contributed by atoms with Crippen molar-refractivity contribution in [2.24, 2.45) is 0 Å². The highest BCUT2D eigenvalue weighted by Crippen LogP contribution is 2.60. The minimum Gasteiger partial charge on any atom is -0.310 e. The number of fused-ring (bicyclic) bond motifs is 2. The lowest BCUT2D eigenvalue weighted by atomic mass is 10.0. The number of halogens is 1. The smallest absolute Gasteiger partial charge is 0.268 e. The Labute approximate surface area is 197 Å². The van der Waals surface area contributed by atoms with Crippen molar-refractivity contribution in [3.05, 3.63) is 101 Å². The Hall–Kier alpha value is -3.12. The van der Waals surface area contributed by atoms with Gasteiger partial charge in [0, 0.05) is 16.9 Å². The molecule has 33 heavy (non-hydrogen) atoms. The van der Waals surface area contributed by atoms with Gasteiger partial charge in [-0.1, -0.05) is 54.6 Å². The van der Waals surface area contributed by atoms with Crippen LogP contribution in [0.15, 0.2) is 72.8 Å². The van der Waals surface area contributed by atoms with E-state index in [2.05, 4.69) is 0 Å². The van der Waals surface area contributed by atoms with E-state index in [0.29, 0.717) is 13.1 Å². The lowest BCUT2D eigenvalue weighted by Crippen LogP contribution is -2.50. The Morgan fingerprint density at radius 3 is 2.42 bits per heavy atom. The fraction of sp³-hybridized carbons (Fsp3) is 0.259. The first-order valence-corrected chi connectivity index (χ1v) is 11.8. The third kappa shape index (κ3) is 3.35. The lowest BCUT2D eigenvalue weighted by molar-refractivity contribution is -0.123. The number of aryl methyl sites for hydroxylation is 1. The van der Waals surface area contributed by atoms with Gasteiger partial charge in [-0.05, 0) is 50.1 Å². The molecule has 1 fully saturated rings. The summed E-state index contributed by atoms with van der Waals surface area (Å²) >= 11 is 1.48. The number of hydrogen-bond acceptors (Lipinski definition) is 3.